The summed E-state index contributed by atoms with van der Waals surface area (Å²) in [6.07, 6.45) is 4.01. The van der Waals surface area contributed by atoms with E-state index < -0.39 is 0 Å². The van der Waals surface area contributed by atoms with Gasteiger partial charge in [0.05, 0.1) is 30.8 Å². The molecule has 1 aromatic rings. The van der Waals surface area contributed by atoms with Crippen LogP contribution in [-0.4, -0.2) is 35.8 Å². The van der Waals surface area contributed by atoms with E-state index in [-0.39, 0.29) is 17.8 Å². The van der Waals surface area contributed by atoms with E-state index in [1.54, 1.807) is 0 Å². The highest BCUT2D eigenvalue weighted by Gasteiger charge is 2.41. The molecule has 26 heavy (non-hydrogen) atoms. The van der Waals surface area contributed by atoms with Gasteiger partial charge in [0.2, 0.25) is 0 Å². The van der Waals surface area contributed by atoms with Gasteiger partial charge >= 0.3 is 5.97 Å². The van der Waals surface area contributed by atoms with E-state index in [4.69, 9.17) is 14.5 Å². The predicted octanol–water partition coefficient (Wildman–Crippen LogP) is 3.14. The van der Waals surface area contributed by atoms with Crippen LogP contribution in [0.1, 0.15) is 12.1 Å². The standard InChI is InChI=1S/C21H22N2O3/c1-25-21(24)17-12-26-9-7-13-11-23-8-6-15-14-4-2-3-5-18(14)22-20(15)19(23)10-16(13)17/h2-6,8,13,16-17H,7,9-12H2,1H3. The molecule has 0 spiro atoms. The number of rotatable bonds is 1. The van der Waals surface area contributed by atoms with E-state index in [2.05, 4.69) is 35.0 Å². The molecule has 4 aliphatic heterocycles. The van der Waals surface area contributed by atoms with Crippen LogP contribution in [0.5, 0.6) is 0 Å². The summed E-state index contributed by atoms with van der Waals surface area (Å²) in [5.41, 5.74) is 4.54. The second-order valence-electron chi connectivity index (χ2n) is 7.43. The first-order valence-corrected chi connectivity index (χ1v) is 9.28. The number of benzene rings is 1. The molecule has 0 bridgehead atoms. The molecule has 1 saturated heterocycles. The van der Waals surface area contributed by atoms with Crippen LogP contribution >= 0.6 is 0 Å². The fraction of sp³-hybridized carbons (Fsp3) is 0.429. The summed E-state index contributed by atoms with van der Waals surface area (Å²) in [5.74, 6) is 0.334. The van der Waals surface area contributed by atoms with Crippen molar-refractivity contribution < 1.29 is 14.3 Å². The van der Waals surface area contributed by atoms with Crippen molar-refractivity contribution in [3.05, 3.63) is 42.2 Å². The average molecular weight is 350 g/mol. The molecule has 5 heteroatoms. The SMILES string of the molecule is COC(=O)C1COCCC2Cn3ccc4c5ccccc5nc-4c3CC21. The molecule has 5 rings (SSSR count). The Hall–Kier alpha value is -2.40. The zero-order valence-corrected chi connectivity index (χ0v) is 14.9. The van der Waals surface area contributed by atoms with Crippen LogP contribution in [-0.2, 0) is 27.2 Å². The fourth-order valence-corrected chi connectivity index (χ4v) is 4.79. The average Bonchev–Trinajstić information content (AvgIpc) is 2.93. The number of esters is 1. The van der Waals surface area contributed by atoms with Crippen molar-refractivity contribution in [3.63, 3.8) is 0 Å². The van der Waals surface area contributed by atoms with E-state index in [1.165, 1.54) is 23.8 Å². The van der Waals surface area contributed by atoms with E-state index >= 15 is 0 Å². The Bertz CT molecular complexity index is 948. The Labute approximate surface area is 152 Å². The van der Waals surface area contributed by atoms with Gasteiger partial charge in [0.15, 0.2) is 0 Å². The van der Waals surface area contributed by atoms with Crippen molar-refractivity contribution in [2.45, 2.75) is 19.4 Å². The summed E-state index contributed by atoms with van der Waals surface area (Å²) < 4.78 is 13.1. The minimum absolute atomic E-state index is 0.150. The van der Waals surface area contributed by atoms with Crippen molar-refractivity contribution in [1.29, 1.82) is 0 Å². The summed E-state index contributed by atoms with van der Waals surface area (Å²) in [7, 11) is 1.47. The van der Waals surface area contributed by atoms with Gasteiger partial charge in [0.25, 0.3) is 0 Å². The van der Waals surface area contributed by atoms with Crippen molar-refractivity contribution in [2.75, 3.05) is 20.3 Å². The van der Waals surface area contributed by atoms with Crippen molar-refractivity contribution in [1.82, 2.24) is 9.55 Å². The van der Waals surface area contributed by atoms with E-state index in [0.717, 1.165) is 30.6 Å². The third-order valence-corrected chi connectivity index (χ3v) is 6.14. The maximum absolute atomic E-state index is 12.4. The quantitative estimate of drug-likeness (QED) is 0.633. The number of pyridine rings is 1. The van der Waals surface area contributed by atoms with Gasteiger partial charge in [-0.15, -0.1) is 0 Å². The number of hydrogen-bond acceptors (Lipinski definition) is 4. The Morgan fingerprint density at radius 3 is 3.08 bits per heavy atom. The number of fused-ring (bicyclic) bond motifs is 6. The van der Waals surface area contributed by atoms with Gasteiger partial charge in [-0.05, 0) is 36.8 Å². The van der Waals surface area contributed by atoms with Crippen LogP contribution in [0.25, 0.3) is 22.2 Å². The first kappa shape index (κ1) is 15.8. The van der Waals surface area contributed by atoms with Gasteiger partial charge in [0, 0.05) is 36.0 Å². The third-order valence-electron chi connectivity index (χ3n) is 6.14. The molecule has 0 amide bonds. The van der Waals surface area contributed by atoms with E-state index in [0.29, 0.717) is 19.1 Å². The fourth-order valence-electron chi connectivity index (χ4n) is 4.79. The molecule has 5 nitrogen and oxygen atoms in total. The Morgan fingerprint density at radius 1 is 1.31 bits per heavy atom. The number of carbonyl (C=O) groups excluding carboxylic acids is 1. The topological polar surface area (TPSA) is 53.4 Å². The molecule has 1 aromatic carbocycles. The lowest BCUT2D eigenvalue weighted by atomic mass is 9.75. The number of hydrogen-bond donors (Lipinski definition) is 0. The van der Waals surface area contributed by atoms with Gasteiger partial charge in [-0.1, -0.05) is 18.2 Å². The molecule has 0 N–H and O–H groups in total. The minimum atomic E-state index is -0.194. The van der Waals surface area contributed by atoms with Crippen molar-refractivity contribution in [2.24, 2.45) is 17.8 Å². The van der Waals surface area contributed by atoms with Gasteiger partial charge in [-0.25, -0.2) is 4.98 Å². The highest BCUT2D eigenvalue weighted by Crippen LogP contribution is 2.41. The molecule has 134 valence electrons. The van der Waals surface area contributed by atoms with Gasteiger partial charge in [-0.2, -0.15) is 0 Å². The third kappa shape index (κ3) is 2.34. The van der Waals surface area contributed by atoms with Crippen LogP contribution < -0.4 is 0 Å². The number of nitrogens with zero attached hydrogens (tertiary/aromatic N) is 2. The molecular weight excluding hydrogens is 328 g/mol. The number of carbonyl (C=O) groups is 1. The molecule has 0 aromatic heterocycles. The lowest BCUT2D eigenvalue weighted by Gasteiger charge is -2.36. The molecule has 3 atom stereocenters. The minimum Gasteiger partial charge on any atom is -0.469 e. The number of para-hydroxylation sites is 1. The zero-order chi connectivity index (χ0) is 17.7. The summed E-state index contributed by atoms with van der Waals surface area (Å²) in [6, 6.07) is 10.5. The monoisotopic (exact) mass is 350 g/mol. The second kappa shape index (κ2) is 6.09. The lowest BCUT2D eigenvalue weighted by Crippen LogP contribution is -2.39. The summed E-state index contributed by atoms with van der Waals surface area (Å²) in [5, 5.41) is 1.20. The highest BCUT2D eigenvalue weighted by atomic mass is 16.5. The summed E-state index contributed by atoms with van der Waals surface area (Å²) in [6.45, 7) is 2.08. The molecule has 4 heterocycles. The normalized spacial score (nSPS) is 25.5. The number of methoxy groups -OCH3 is 1. The predicted molar refractivity (Wildman–Crippen MR) is 98.0 cm³/mol. The maximum atomic E-state index is 12.4. The lowest BCUT2D eigenvalue weighted by molar-refractivity contribution is -0.150. The molecular formula is C21H22N2O3. The maximum Gasteiger partial charge on any atom is 0.311 e. The summed E-state index contributed by atoms with van der Waals surface area (Å²) >= 11 is 0. The zero-order valence-electron chi connectivity index (χ0n) is 14.9. The van der Waals surface area contributed by atoms with Gasteiger partial charge in [-0.3, -0.25) is 4.79 Å². The second-order valence-corrected chi connectivity index (χ2v) is 7.43. The first-order valence-electron chi connectivity index (χ1n) is 9.28. The van der Waals surface area contributed by atoms with Crippen molar-refractivity contribution >= 4 is 16.9 Å². The Kier molecular flexibility index (Phi) is 3.71. The van der Waals surface area contributed by atoms with Gasteiger partial charge in [0.1, 0.15) is 0 Å². The Morgan fingerprint density at radius 2 is 2.19 bits per heavy atom. The molecule has 4 aliphatic rings. The van der Waals surface area contributed by atoms with E-state index in [1.807, 2.05) is 6.07 Å². The molecule has 3 unspecified atom stereocenters. The molecule has 0 saturated carbocycles. The highest BCUT2D eigenvalue weighted by molar-refractivity contribution is 5.97. The van der Waals surface area contributed by atoms with Crippen LogP contribution in [0.2, 0.25) is 0 Å². The number of aromatic nitrogens is 2. The van der Waals surface area contributed by atoms with E-state index in [9.17, 15) is 4.79 Å². The summed E-state index contributed by atoms with van der Waals surface area (Å²) in [4.78, 5) is 17.3. The molecule has 1 fully saturated rings. The van der Waals surface area contributed by atoms with Crippen LogP contribution in [0.3, 0.4) is 0 Å². The van der Waals surface area contributed by atoms with Crippen molar-refractivity contribution in [3.8, 4) is 11.3 Å². The largest absolute Gasteiger partial charge is 0.469 e. The van der Waals surface area contributed by atoms with Crippen LogP contribution in [0.15, 0.2) is 36.5 Å². The Balaban J connectivity index is 1.62. The molecule has 0 aliphatic carbocycles. The number of ether oxygens (including phenoxy) is 2. The first-order chi connectivity index (χ1) is 12.8. The smallest absolute Gasteiger partial charge is 0.311 e. The van der Waals surface area contributed by atoms with Crippen LogP contribution in [0, 0.1) is 17.8 Å². The van der Waals surface area contributed by atoms with Gasteiger partial charge < -0.3 is 14.0 Å². The van der Waals surface area contributed by atoms with Crippen LogP contribution in [0.4, 0.5) is 0 Å². The molecule has 0 radical (unpaired) electrons.